The van der Waals surface area contributed by atoms with Crippen molar-refractivity contribution >= 4 is 35.4 Å². The van der Waals surface area contributed by atoms with Crippen LogP contribution in [0.2, 0.25) is 0 Å². The number of allylic oxidation sites excluding steroid dienone is 1. The topological polar surface area (TPSA) is 84.5 Å². The number of hydrogen-bond donors (Lipinski definition) is 2. The van der Waals surface area contributed by atoms with Crippen molar-refractivity contribution in [2.45, 2.75) is 19.8 Å². The Balaban J connectivity index is 1.50. The Labute approximate surface area is 240 Å². The molecule has 4 aromatic rings. The molecule has 0 unspecified atom stereocenters. The van der Waals surface area contributed by atoms with Crippen LogP contribution in [0.3, 0.4) is 0 Å². The molecule has 0 fully saturated rings. The average molecular weight is 545 g/mol. The number of ketones is 1. The molecule has 6 nitrogen and oxygen atoms in total. The van der Waals surface area contributed by atoms with Crippen LogP contribution in [-0.4, -0.2) is 24.7 Å². The molecule has 0 radical (unpaired) electrons. The predicted molar refractivity (Wildman–Crippen MR) is 164 cm³/mol. The van der Waals surface area contributed by atoms with E-state index in [1.54, 1.807) is 67.8 Å². The fourth-order valence-corrected chi connectivity index (χ4v) is 4.07. The van der Waals surface area contributed by atoms with E-state index in [0.29, 0.717) is 28.5 Å². The quantitative estimate of drug-likeness (QED) is 0.164. The van der Waals surface area contributed by atoms with Gasteiger partial charge in [0.25, 0.3) is 11.8 Å². The van der Waals surface area contributed by atoms with Crippen LogP contribution >= 0.6 is 0 Å². The van der Waals surface area contributed by atoms with Gasteiger partial charge in [-0.1, -0.05) is 74.5 Å². The van der Waals surface area contributed by atoms with Crippen LogP contribution < -0.4 is 15.4 Å². The van der Waals surface area contributed by atoms with Gasteiger partial charge in [0.2, 0.25) is 0 Å². The number of hydrogen-bond acceptors (Lipinski definition) is 4. The standard InChI is InChI=1S/C35H32N2O4/c1-24(2)26-15-13-25(14-16-26)23-31(37-34(39)29-10-5-4-6-11-29)35(40)36-30-20-17-27(18-21-30)32(38)22-19-28-9-7-8-12-33(28)41-3/h4-24H,1-3H3,(H,36,40)(H,37,39)/b22-19+,31-23-. The van der Waals surface area contributed by atoms with Gasteiger partial charge in [-0.2, -0.15) is 0 Å². The average Bonchev–Trinajstić information content (AvgIpc) is 3.00. The first-order valence-corrected chi connectivity index (χ1v) is 13.3. The molecule has 2 amide bonds. The zero-order valence-electron chi connectivity index (χ0n) is 23.3. The van der Waals surface area contributed by atoms with Crippen molar-refractivity contribution in [2.75, 3.05) is 12.4 Å². The minimum atomic E-state index is -0.489. The van der Waals surface area contributed by atoms with E-state index in [0.717, 1.165) is 11.1 Å². The zero-order chi connectivity index (χ0) is 29.2. The van der Waals surface area contributed by atoms with Gasteiger partial charge in [0, 0.05) is 22.4 Å². The third-order valence-corrected chi connectivity index (χ3v) is 6.42. The number of benzene rings is 4. The summed E-state index contributed by atoms with van der Waals surface area (Å²) in [6, 6.07) is 30.5. The molecule has 41 heavy (non-hydrogen) atoms. The highest BCUT2D eigenvalue weighted by molar-refractivity contribution is 6.11. The maximum atomic E-state index is 13.3. The summed E-state index contributed by atoms with van der Waals surface area (Å²) in [5, 5.41) is 5.57. The summed E-state index contributed by atoms with van der Waals surface area (Å²) in [6.07, 6.45) is 4.83. The normalized spacial score (nSPS) is 11.4. The number of rotatable bonds is 10. The number of nitrogens with one attached hydrogen (secondary N) is 2. The lowest BCUT2D eigenvalue weighted by Crippen LogP contribution is -2.30. The van der Waals surface area contributed by atoms with E-state index in [2.05, 4.69) is 24.5 Å². The van der Waals surface area contributed by atoms with Gasteiger partial charge in [-0.25, -0.2) is 0 Å². The molecule has 6 heteroatoms. The number of carbonyl (C=O) groups excluding carboxylic acids is 3. The van der Waals surface area contributed by atoms with Crippen molar-refractivity contribution in [2.24, 2.45) is 0 Å². The largest absolute Gasteiger partial charge is 0.496 e. The Morgan fingerprint density at radius 3 is 2.07 bits per heavy atom. The second kappa shape index (κ2) is 13.7. The van der Waals surface area contributed by atoms with E-state index in [-0.39, 0.29) is 11.5 Å². The third-order valence-electron chi connectivity index (χ3n) is 6.42. The molecule has 0 aliphatic heterocycles. The minimum Gasteiger partial charge on any atom is -0.496 e. The summed E-state index contributed by atoms with van der Waals surface area (Å²) in [5.74, 6) is -0.0194. The summed E-state index contributed by atoms with van der Waals surface area (Å²) in [7, 11) is 1.58. The van der Waals surface area contributed by atoms with Gasteiger partial charge in [-0.3, -0.25) is 14.4 Å². The number of methoxy groups -OCH3 is 1. The van der Waals surface area contributed by atoms with Crippen molar-refractivity contribution in [3.05, 3.63) is 143 Å². The lowest BCUT2D eigenvalue weighted by Gasteiger charge is -2.12. The molecular weight excluding hydrogens is 512 g/mol. The van der Waals surface area contributed by atoms with Gasteiger partial charge in [0.05, 0.1) is 7.11 Å². The number of anilines is 1. The van der Waals surface area contributed by atoms with E-state index in [1.165, 1.54) is 11.6 Å². The molecule has 0 atom stereocenters. The lowest BCUT2D eigenvalue weighted by molar-refractivity contribution is -0.113. The number of amides is 2. The van der Waals surface area contributed by atoms with Gasteiger partial charge < -0.3 is 15.4 Å². The van der Waals surface area contributed by atoms with Gasteiger partial charge in [-0.15, -0.1) is 0 Å². The predicted octanol–water partition coefficient (Wildman–Crippen LogP) is 7.12. The molecule has 4 aromatic carbocycles. The van der Waals surface area contributed by atoms with Crippen LogP contribution in [0.15, 0.2) is 115 Å². The van der Waals surface area contributed by atoms with E-state index < -0.39 is 11.8 Å². The second-order valence-electron chi connectivity index (χ2n) is 9.67. The van der Waals surface area contributed by atoms with Crippen LogP contribution in [0.4, 0.5) is 5.69 Å². The third kappa shape index (κ3) is 7.90. The first kappa shape index (κ1) is 28.8. The number of para-hydroxylation sites is 1. The molecule has 0 saturated heterocycles. The molecule has 0 aliphatic carbocycles. The molecule has 0 aromatic heterocycles. The van der Waals surface area contributed by atoms with Crippen molar-refractivity contribution < 1.29 is 19.1 Å². The van der Waals surface area contributed by atoms with Gasteiger partial charge in [0.1, 0.15) is 11.4 Å². The van der Waals surface area contributed by atoms with Gasteiger partial charge in [0.15, 0.2) is 5.78 Å². The van der Waals surface area contributed by atoms with Crippen LogP contribution in [-0.2, 0) is 4.79 Å². The molecule has 0 spiro atoms. The van der Waals surface area contributed by atoms with Gasteiger partial charge in [-0.05, 0) is 77.7 Å². The molecule has 206 valence electrons. The first-order valence-electron chi connectivity index (χ1n) is 13.3. The van der Waals surface area contributed by atoms with E-state index >= 15 is 0 Å². The summed E-state index contributed by atoms with van der Waals surface area (Å²) < 4.78 is 5.32. The Hall–Kier alpha value is -5.23. The summed E-state index contributed by atoms with van der Waals surface area (Å²) >= 11 is 0. The molecule has 0 bridgehead atoms. The number of ether oxygens (including phenoxy) is 1. The fourth-order valence-electron chi connectivity index (χ4n) is 4.07. The Kier molecular flexibility index (Phi) is 9.62. The summed E-state index contributed by atoms with van der Waals surface area (Å²) in [6.45, 7) is 4.22. The van der Waals surface area contributed by atoms with E-state index in [1.807, 2.05) is 54.6 Å². The monoisotopic (exact) mass is 544 g/mol. The SMILES string of the molecule is COc1ccccc1/C=C/C(=O)c1ccc(NC(=O)/C(=C/c2ccc(C(C)C)cc2)NC(=O)c2ccccc2)cc1. The highest BCUT2D eigenvalue weighted by atomic mass is 16.5. The van der Waals surface area contributed by atoms with Crippen LogP contribution in [0.1, 0.15) is 57.2 Å². The maximum Gasteiger partial charge on any atom is 0.272 e. The first-order chi connectivity index (χ1) is 19.8. The second-order valence-corrected chi connectivity index (χ2v) is 9.67. The number of carbonyl (C=O) groups is 3. The Morgan fingerprint density at radius 2 is 1.41 bits per heavy atom. The van der Waals surface area contributed by atoms with Crippen molar-refractivity contribution in [1.82, 2.24) is 5.32 Å². The van der Waals surface area contributed by atoms with Crippen LogP contribution in [0.25, 0.3) is 12.2 Å². The van der Waals surface area contributed by atoms with Crippen LogP contribution in [0.5, 0.6) is 5.75 Å². The Bertz CT molecular complexity index is 1570. The van der Waals surface area contributed by atoms with E-state index in [9.17, 15) is 14.4 Å². The maximum absolute atomic E-state index is 13.3. The zero-order valence-corrected chi connectivity index (χ0v) is 23.3. The van der Waals surface area contributed by atoms with E-state index in [4.69, 9.17) is 4.74 Å². The smallest absolute Gasteiger partial charge is 0.272 e. The highest BCUT2D eigenvalue weighted by Crippen LogP contribution is 2.20. The van der Waals surface area contributed by atoms with Gasteiger partial charge >= 0.3 is 0 Å². The molecular formula is C35H32N2O4. The summed E-state index contributed by atoms with van der Waals surface area (Å²) in [4.78, 5) is 38.9. The lowest BCUT2D eigenvalue weighted by atomic mass is 10.0. The fraction of sp³-hybridized carbons (Fsp3) is 0.114. The molecule has 4 rings (SSSR count). The molecule has 2 N–H and O–H groups in total. The molecule has 0 heterocycles. The minimum absolute atomic E-state index is 0.0936. The molecule has 0 aliphatic rings. The van der Waals surface area contributed by atoms with Crippen LogP contribution in [0, 0.1) is 0 Å². The Morgan fingerprint density at radius 1 is 0.756 bits per heavy atom. The summed E-state index contributed by atoms with van der Waals surface area (Å²) in [5.41, 5.74) is 4.22. The molecule has 0 saturated carbocycles. The highest BCUT2D eigenvalue weighted by Gasteiger charge is 2.15. The van der Waals surface area contributed by atoms with Crippen molar-refractivity contribution in [3.63, 3.8) is 0 Å². The van der Waals surface area contributed by atoms with Crippen molar-refractivity contribution in [1.29, 1.82) is 0 Å². The van der Waals surface area contributed by atoms with Crippen molar-refractivity contribution in [3.8, 4) is 5.75 Å².